The van der Waals surface area contributed by atoms with Gasteiger partial charge in [-0.25, -0.2) is 12.7 Å². The largest absolute Gasteiger partial charge is 0.213 e. The number of hydrogen-bond acceptors (Lipinski definition) is 2. The lowest BCUT2D eigenvalue weighted by Gasteiger charge is -2.20. The number of sulfonamides is 1. The fraction of sp³-hybridized carbons (Fsp3) is 1.00. The summed E-state index contributed by atoms with van der Waals surface area (Å²) >= 11 is 5.46. The van der Waals surface area contributed by atoms with Gasteiger partial charge in [-0.3, -0.25) is 0 Å². The van der Waals surface area contributed by atoms with Crippen molar-refractivity contribution in [2.24, 2.45) is 5.92 Å². The molecule has 0 radical (unpaired) electrons. The third-order valence-electron chi connectivity index (χ3n) is 2.28. The Hall–Kier alpha value is 0.200. The van der Waals surface area contributed by atoms with Crippen LogP contribution in [0.1, 0.15) is 26.7 Å². The molecular weight excluding hydrogens is 222 g/mol. The molecule has 0 aliphatic heterocycles. The van der Waals surface area contributed by atoms with Gasteiger partial charge < -0.3 is 0 Å². The average molecular weight is 242 g/mol. The van der Waals surface area contributed by atoms with Crippen LogP contribution in [0.5, 0.6) is 0 Å². The van der Waals surface area contributed by atoms with Crippen molar-refractivity contribution in [2.75, 3.05) is 25.2 Å². The van der Waals surface area contributed by atoms with E-state index < -0.39 is 10.0 Å². The number of rotatable bonds is 7. The zero-order chi connectivity index (χ0) is 11.2. The van der Waals surface area contributed by atoms with E-state index in [1.54, 1.807) is 7.05 Å². The first-order valence-electron chi connectivity index (χ1n) is 4.94. The molecule has 1 unspecified atom stereocenters. The summed E-state index contributed by atoms with van der Waals surface area (Å²) in [4.78, 5) is 0. The van der Waals surface area contributed by atoms with Gasteiger partial charge in [0.15, 0.2) is 0 Å². The van der Waals surface area contributed by atoms with Gasteiger partial charge in [-0.15, -0.1) is 11.6 Å². The summed E-state index contributed by atoms with van der Waals surface area (Å²) in [6, 6.07) is 0. The summed E-state index contributed by atoms with van der Waals surface area (Å²) in [6.45, 7) is 4.71. The molecule has 0 aliphatic rings. The highest BCUT2D eigenvalue weighted by Gasteiger charge is 2.18. The molecule has 0 saturated heterocycles. The second-order valence-electron chi connectivity index (χ2n) is 3.65. The SMILES string of the molecule is CCC(C)CN(C)S(=O)(=O)CCCCl. The van der Waals surface area contributed by atoms with Crippen LogP contribution in [0.15, 0.2) is 0 Å². The summed E-state index contributed by atoms with van der Waals surface area (Å²) in [5, 5.41) is 0. The molecule has 0 rings (SSSR count). The van der Waals surface area contributed by atoms with Crippen LogP contribution in [0.3, 0.4) is 0 Å². The zero-order valence-corrected chi connectivity index (χ0v) is 10.7. The third kappa shape index (κ3) is 5.17. The van der Waals surface area contributed by atoms with Crippen molar-refractivity contribution in [3.05, 3.63) is 0 Å². The Bertz CT molecular complexity index is 241. The lowest BCUT2D eigenvalue weighted by Crippen LogP contribution is -2.32. The summed E-state index contributed by atoms with van der Waals surface area (Å²) in [5.41, 5.74) is 0. The highest BCUT2D eigenvalue weighted by molar-refractivity contribution is 7.89. The molecule has 0 aromatic carbocycles. The summed E-state index contributed by atoms with van der Waals surface area (Å²) in [6.07, 6.45) is 1.52. The molecule has 0 aromatic heterocycles. The lowest BCUT2D eigenvalue weighted by molar-refractivity contribution is 0.393. The Morgan fingerprint density at radius 2 is 2.00 bits per heavy atom. The van der Waals surface area contributed by atoms with Crippen molar-refractivity contribution in [1.29, 1.82) is 0 Å². The van der Waals surface area contributed by atoms with Crippen LogP contribution in [-0.4, -0.2) is 37.9 Å². The summed E-state index contributed by atoms with van der Waals surface area (Å²) < 4.78 is 24.7. The quantitative estimate of drug-likeness (QED) is 0.639. The monoisotopic (exact) mass is 241 g/mol. The summed E-state index contributed by atoms with van der Waals surface area (Å²) in [5.74, 6) is 0.964. The fourth-order valence-electron chi connectivity index (χ4n) is 1.07. The molecule has 0 bridgehead atoms. The Labute approximate surface area is 92.5 Å². The molecule has 5 heteroatoms. The first kappa shape index (κ1) is 14.2. The summed E-state index contributed by atoms with van der Waals surface area (Å²) in [7, 11) is -1.44. The maximum absolute atomic E-state index is 11.6. The van der Waals surface area contributed by atoms with E-state index in [9.17, 15) is 8.42 Å². The van der Waals surface area contributed by atoms with E-state index in [1.807, 2.05) is 6.92 Å². The van der Waals surface area contributed by atoms with Crippen LogP contribution in [0.2, 0.25) is 0 Å². The van der Waals surface area contributed by atoms with Crippen molar-refractivity contribution in [1.82, 2.24) is 4.31 Å². The van der Waals surface area contributed by atoms with Gasteiger partial charge in [0.05, 0.1) is 5.75 Å². The first-order chi connectivity index (χ1) is 6.44. The molecule has 0 aliphatic carbocycles. The molecule has 0 N–H and O–H groups in total. The van der Waals surface area contributed by atoms with Crippen LogP contribution < -0.4 is 0 Å². The number of halogens is 1. The van der Waals surface area contributed by atoms with E-state index in [2.05, 4.69) is 6.92 Å². The smallest absolute Gasteiger partial charge is 0.212 e. The molecule has 1 atom stereocenters. The van der Waals surface area contributed by atoms with Gasteiger partial charge in [-0.2, -0.15) is 0 Å². The van der Waals surface area contributed by atoms with Crippen LogP contribution in [0.4, 0.5) is 0 Å². The predicted octanol–water partition coefficient (Wildman–Crippen LogP) is 1.92. The normalized spacial score (nSPS) is 14.6. The van der Waals surface area contributed by atoms with Gasteiger partial charge in [0.25, 0.3) is 0 Å². The van der Waals surface area contributed by atoms with Crippen LogP contribution in [0, 0.1) is 5.92 Å². The Kier molecular flexibility index (Phi) is 6.74. The van der Waals surface area contributed by atoms with Gasteiger partial charge in [0, 0.05) is 19.5 Å². The Balaban J connectivity index is 4.14. The minimum absolute atomic E-state index is 0.156. The van der Waals surface area contributed by atoms with Crippen molar-refractivity contribution in [3.8, 4) is 0 Å². The van der Waals surface area contributed by atoms with Crippen LogP contribution in [-0.2, 0) is 10.0 Å². The minimum Gasteiger partial charge on any atom is -0.212 e. The molecule has 0 fully saturated rings. The maximum atomic E-state index is 11.6. The van der Waals surface area contributed by atoms with E-state index in [0.29, 0.717) is 24.8 Å². The second-order valence-corrected chi connectivity index (χ2v) is 6.23. The molecule has 86 valence electrons. The van der Waals surface area contributed by atoms with Crippen molar-refractivity contribution in [3.63, 3.8) is 0 Å². The fourth-order valence-corrected chi connectivity index (χ4v) is 2.67. The van der Waals surface area contributed by atoms with Crippen molar-refractivity contribution in [2.45, 2.75) is 26.7 Å². The third-order valence-corrected chi connectivity index (χ3v) is 4.45. The van der Waals surface area contributed by atoms with Gasteiger partial charge in [-0.1, -0.05) is 20.3 Å². The first-order valence-corrected chi connectivity index (χ1v) is 7.08. The van der Waals surface area contributed by atoms with Gasteiger partial charge >= 0.3 is 0 Å². The highest BCUT2D eigenvalue weighted by Crippen LogP contribution is 2.08. The van der Waals surface area contributed by atoms with Gasteiger partial charge in [0.1, 0.15) is 0 Å². The molecule has 0 aromatic rings. The average Bonchev–Trinajstić information content (AvgIpc) is 2.14. The van der Waals surface area contributed by atoms with E-state index in [1.165, 1.54) is 4.31 Å². The molecule has 0 spiro atoms. The van der Waals surface area contributed by atoms with E-state index in [0.717, 1.165) is 6.42 Å². The Morgan fingerprint density at radius 3 is 2.43 bits per heavy atom. The number of alkyl halides is 1. The van der Waals surface area contributed by atoms with E-state index >= 15 is 0 Å². The highest BCUT2D eigenvalue weighted by atomic mass is 35.5. The molecular formula is C9H20ClNO2S. The van der Waals surface area contributed by atoms with Crippen molar-refractivity contribution < 1.29 is 8.42 Å². The molecule has 0 heterocycles. The lowest BCUT2D eigenvalue weighted by atomic mass is 10.1. The van der Waals surface area contributed by atoms with Crippen LogP contribution >= 0.6 is 11.6 Å². The molecule has 0 amide bonds. The number of nitrogens with zero attached hydrogens (tertiary/aromatic N) is 1. The van der Waals surface area contributed by atoms with Gasteiger partial charge in [-0.05, 0) is 12.3 Å². The number of hydrogen-bond donors (Lipinski definition) is 0. The van der Waals surface area contributed by atoms with Crippen LogP contribution in [0.25, 0.3) is 0 Å². The van der Waals surface area contributed by atoms with Crippen molar-refractivity contribution >= 4 is 21.6 Å². The maximum Gasteiger partial charge on any atom is 0.213 e. The zero-order valence-electron chi connectivity index (χ0n) is 9.16. The van der Waals surface area contributed by atoms with Gasteiger partial charge in [0.2, 0.25) is 10.0 Å². The predicted molar refractivity (Wildman–Crippen MR) is 61.2 cm³/mol. The standard InChI is InChI=1S/C9H20ClNO2S/c1-4-9(2)8-11(3)14(12,13)7-5-6-10/h9H,4-8H2,1-3H3. The molecule has 14 heavy (non-hydrogen) atoms. The molecule has 3 nitrogen and oxygen atoms in total. The van der Waals surface area contributed by atoms with E-state index in [4.69, 9.17) is 11.6 Å². The topological polar surface area (TPSA) is 37.4 Å². The molecule has 0 saturated carbocycles. The second kappa shape index (κ2) is 6.64. The van der Waals surface area contributed by atoms with E-state index in [-0.39, 0.29) is 5.75 Å². The Morgan fingerprint density at radius 1 is 1.43 bits per heavy atom. The minimum atomic E-state index is -3.08.